The lowest BCUT2D eigenvalue weighted by Crippen LogP contribution is -2.29. The number of rotatable bonds is 4. The van der Waals surface area contributed by atoms with Gasteiger partial charge in [0.1, 0.15) is 12.4 Å². The Balaban J connectivity index is 2.61. The van der Waals surface area contributed by atoms with Crippen LogP contribution in [0.25, 0.3) is 0 Å². The summed E-state index contributed by atoms with van der Waals surface area (Å²) in [4.78, 5) is 17.2. The lowest BCUT2D eigenvalue weighted by Gasteiger charge is -2.17. The molecule has 1 rings (SSSR count). The number of hydrogen-bond acceptors (Lipinski definition) is 6. The van der Waals surface area contributed by atoms with Crippen LogP contribution < -0.4 is 5.32 Å². The number of hydrogen-bond donors (Lipinski definition) is 2. The van der Waals surface area contributed by atoms with Crippen molar-refractivity contribution in [2.45, 2.75) is 19.4 Å². The van der Waals surface area contributed by atoms with Crippen LogP contribution in [-0.2, 0) is 0 Å². The molecule has 1 aromatic heterocycles. The van der Waals surface area contributed by atoms with Crippen molar-refractivity contribution in [3.8, 4) is 0 Å². The molecule has 0 fully saturated rings. The van der Waals surface area contributed by atoms with Crippen molar-refractivity contribution < 1.29 is 10.0 Å². The molecular weight excluding hydrogens is 200 g/mol. The predicted molar refractivity (Wildman–Crippen MR) is 53.5 cm³/mol. The van der Waals surface area contributed by atoms with Gasteiger partial charge >= 0.3 is 5.69 Å². The van der Waals surface area contributed by atoms with Gasteiger partial charge in [0.2, 0.25) is 5.95 Å². The van der Waals surface area contributed by atoms with Crippen LogP contribution in [0.15, 0.2) is 12.4 Å². The van der Waals surface area contributed by atoms with E-state index in [1.54, 1.807) is 13.8 Å². The molecule has 2 N–H and O–H groups in total. The van der Waals surface area contributed by atoms with Crippen molar-refractivity contribution in [1.29, 1.82) is 0 Å². The van der Waals surface area contributed by atoms with E-state index < -0.39 is 10.5 Å². The Bertz CT molecular complexity index is 344. The monoisotopic (exact) mass is 212 g/mol. The number of nitrogens with one attached hydrogen (secondary N) is 1. The highest BCUT2D eigenvalue weighted by atomic mass is 16.6. The SMILES string of the molecule is CC(C)(O)CNc1ncc([N+](=O)[O-])cn1. The Morgan fingerprint density at radius 1 is 1.53 bits per heavy atom. The normalized spacial score (nSPS) is 11.1. The fourth-order valence-corrected chi connectivity index (χ4v) is 0.802. The van der Waals surface area contributed by atoms with E-state index in [0.29, 0.717) is 0 Å². The van der Waals surface area contributed by atoms with Crippen molar-refractivity contribution in [2.24, 2.45) is 0 Å². The van der Waals surface area contributed by atoms with Crippen LogP contribution in [0.1, 0.15) is 13.8 Å². The predicted octanol–water partition coefficient (Wildman–Crippen LogP) is 0.568. The van der Waals surface area contributed by atoms with Crippen molar-refractivity contribution in [3.63, 3.8) is 0 Å². The van der Waals surface area contributed by atoms with Gasteiger partial charge in [0.15, 0.2) is 0 Å². The molecule has 0 aliphatic carbocycles. The van der Waals surface area contributed by atoms with Crippen molar-refractivity contribution >= 4 is 11.6 Å². The second kappa shape index (κ2) is 4.18. The summed E-state index contributed by atoms with van der Waals surface area (Å²) in [6.45, 7) is 3.53. The first-order valence-corrected chi connectivity index (χ1v) is 4.31. The molecule has 0 unspecified atom stereocenters. The molecule has 1 heterocycles. The first-order valence-electron chi connectivity index (χ1n) is 4.31. The number of nitrogens with zero attached hydrogens (tertiary/aromatic N) is 3. The molecule has 0 aliphatic heterocycles. The third-order valence-electron chi connectivity index (χ3n) is 1.53. The van der Waals surface area contributed by atoms with Gasteiger partial charge in [0.05, 0.1) is 10.5 Å². The molecule has 0 aromatic carbocycles. The molecule has 0 spiro atoms. The van der Waals surface area contributed by atoms with E-state index in [0.717, 1.165) is 12.4 Å². The molecule has 0 bridgehead atoms. The molecule has 0 atom stereocenters. The van der Waals surface area contributed by atoms with E-state index in [-0.39, 0.29) is 18.2 Å². The lowest BCUT2D eigenvalue weighted by atomic mass is 10.1. The summed E-state index contributed by atoms with van der Waals surface area (Å²) in [5.41, 5.74) is -1.05. The molecule has 0 saturated heterocycles. The van der Waals surface area contributed by atoms with Gasteiger partial charge < -0.3 is 10.4 Å². The largest absolute Gasteiger partial charge is 0.389 e. The smallest absolute Gasteiger partial charge is 0.305 e. The summed E-state index contributed by atoms with van der Waals surface area (Å²) in [5.74, 6) is 0.253. The highest BCUT2D eigenvalue weighted by Gasteiger charge is 2.13. The van der Waals surface area contributed by atoms with Gasteiger partial charge in [-0.3, -0.25) is 10.1 Å². The van der Waals surface area contributed by atoms with Crippen LogP contribution in [-0.4, -0.2) is 32.1 Å². The third-order valence-corrected chi connectivity index (χ3v) is 1.53. The summed E-state index contributed by atoms with van der Waals surface area (Å²) in [6, 6.07) is 0. The van der Waals surface area contributed by atoms with Gasteiger partial charge in [0, 0.05) is 6.54 Å². The maximum atomic E-state index is 10.3. The summed E-state index contributed by atoms with van der Waals surface area (Å²) >= 11 is 0. The quantitative estimate of drug-likeness (QED) is 0.558. The van der Waals surface area contributed by atoms with Crippen molar-refractivity contribution in [1.82, 2.24) is 9.97 Å². The molecule has 0 radical (unpaired) electrons. The second-order valence-electron chi connectivity index (χ2n) is 3.69. The third kappa shape index (κ3) is 3.86. The van der Waals surface area contributed by atoms with Gasteiger partial charge in [-0.1, -0.05) is 0 Å². The van der Waals surface area contributed by atoms with Gasteiger partial charge in [-0.05, 0) is 13.8 Å². The van der Waals surface area contributed by atoms with Gasteiger partial charge in [-0.15, -0.1) is 0 Å². The molecule has 0 saturated carbocycles. The van der Waals surface area contributed by atoms with Crippen LogP contribution >= 0.6 is 0 Å². The van der Waals surface area contributed by atoms with E-state index >= 15 is 0 Å². The highest BCUT2D eigenvalue weighted by molar-refractivity contribution is 5.30. The molecular formula is C8H12N4O3. The van der Waals surface area contributed by atoms with Crippen LogP contribution in [0.4, 0.5) is 11.6 Å². The summed E-state index contributed by atoms with van der Waals surface area (Å²) in [6.07, 6.45) is 2.22. The zero-order chi connectivity index (χ0) is 11.5. The van der Waals surface area contributed by atoms with E-state index in [1.165, 1.54) is 0 Å². The van der Waals surface area contributed by atoms with Crippen LogP contribution in [0.3, 0.4) is 0 Å². The van der Waals surface area contributed by atoms with Crippen molar-refractivity contribution in [2.75, 3.05) is 11.9 Å². The van der Waals surface area contributed by atoms with E-state index in [9.17, 15) is 15.2 Å². The molecule has 15 heavy (non-hydrogen) atoms. The average molecular weight is 212 g/mol. The summed E-state index contributed by atoms with van der Waals surface area (Å²) < 4.78 is 0. The number of anilines is 1. The Morgan fingerprint density at radius 3 is 2.47 bits per heavy atom. The van der Waals surface area contributed by atoms with Crippen molar-refractivity contribution in [3.05, 3.63) is 22.5 Å². The number of aliphatic hydroxyl groups is 1. The zero-order valence-electron chi connectivity index (χ0n) is 8.47. The maximum absolute atomic E-state index is 10.3. The topological polar surface area (TPSA) is 101 Å². The Hall–Kier alpha value is -1.76. The Kier molecular flexibility index (Phi) is 3.15. The summed E-state index contributed by atoms with van der Waals surface area (Å²) in [7, 11) is 0. The molecule has 1 aromatic rings. The number of nitro groups is 1. The van der Waals surface area contributed by atoms with E-state index in [4.69, 9.17) is 0 Å². The van der Waals surface area contributed by atoms with E-state index in [2.05, 4.69) is 15.3 Å². The van der Waals surface area contributed by atoms with Gasteiger partial charge in [-0.25, -0.2) is 9.97 Å². The minimum Gasteiger partial charge on any atom is -0.389 e. The Morgan fingerprint density at radius 2 is 2.07 bits per heavy atom. The Labute approximate surface area is 86.3 Å². The fourth-order valence-electron chi connectivity index (χ4n) is 0.802. The summed E-state index contributed by atoms with van der Waals surface area (Å²) in [5, 5.41) is 22.4. The van der Waals surface area contributed by atoms with Crippen LogP contribution in [0.5, 0.6) is 0 Å². The van der Waals surface area contributed by atoms with Crippen LogP contribution in [0.2, 0.25) is 0 Å². The average Bonchev–Trinajstić information content (AvgIpc) is 2.14. The first kappa shape index (κ1) is 11.3. The molecule has 7 nitrogen and oxygen atoms in total. The minimum atomic E-state index is -0.884. The fraction of sp³-hybridized carbons (Fsp3) is 0.500. The lowest BCUT2D eigenvalue weighted by molar-refractivity contribution is -0.385. The molecule has 0 aliphatic rings. The minimum absolute atomic E-state index is 0.163. The second-order valence-corrected chi connectivity index (χ2v) is 3.69. The van der Waals surface area contributed by atoms with Crippen LogP contribution in [0, 0.1) is 10.1 Å². The molecule has 82 valence electrons. The maximum Gasteiger partial charge on any atom is 0.305 e. The standard InChI is InChI=1S/C8H12N4O3/c1-8(2,13)5-11-7-9-3-6(4-10-7)12(14)15/h3-4,13H,5H2,1-2H3,(H,9,10,11). The molecule has 7 heteroatoms. The highest BCUT2D eigenvalue weighted by Crippen LogP contribution is 2.09. The molecule has 0 amide bonds. The van der Waals surface area contributed by atoms with Gasteiger partial charge in [0.25, 0.3) is 0 Å². The zero-order valence-corrected chi connectivity index (χ0v) is 8.47. The number of aromatic nitrogens is 2. The van der Waals surface area contributed by atoms with E-state index in [1.807, 2.05) is 0 Å². The van der Waals surface area contributed by atoms with Gasteiger partial charge in [-0.2, -0.15) is 0 Å². The first-order chi connectivity index (χ1) is 6.88.